The van der Waals surface area contributed by atoms with Crippen LogP contribution in [0.3, 0.4) is 0 Å². The fourth-order valence-electron chi connectivity index (χ4n) is 1.92. The van der Waals surface area contributed by atoms with E-state index in [4.69, 9.17) is 4.74 Å². The highest BCUT2D eigenvalue weighted by Gasteiger charge is 2.15. The molecule has 0 aromatic heterocycles. The van der Waals surface area contributed by atoms with Crippen molar-refractivity contribution in [1.29, 1.82) is 0 Å². The molecule has 3 heteroatoms. The Balaban J connectivity index is 2.52. The van der Waals surface area contributed by atoms with Crippen LogP contribution in [0.5, 0.6) is 5.75 Å². The Morgan fingerprint density at radius 2 is 1.89 bits per heavy atom. The molecule has 102 valence electrons. The highest BCUT2D eigenvalue weighted by molar-refractivity contribution is 8.00. The van der Waals surface area contributed by atoms with Gasteiger partial charge in [0.05, 0.1) is 7.11 Å². The molecule has 1 aromatic carbocycles. The zero-order chi connectivity index (χ0) is 13.4. The molecule has 2 nitrogen and oxygen atoms in total. The summed E-state index contributed by atoms with van der Waals surface area (Å²) in [6, 6.07) is 8.89. The minimum absolute atomic E-state index is 0.579. The van der Waals surface area contributed by atoms with E-state index < -0.39 is 0 Å². The molecular weight excluding hydrogens is 242 g/mol. The maximum absolute atomic E-state index is 5.17. The second kappa shape index (κ2) is 8.44. The fourth-order valence-corrected chi connectivity index (χ4v) is 3.10. The maximum atomic E-state index is 5.17. The average molecular weight is 267 g/mol. The van der Waals surface area contributed by atoms with Crippen LogP contribution in [0.2, 0.25) is 0 Å². The highest BCUT2D eigenvalue weighted by atomic mass is 32.2. The van der Waals surface area contributed by atoms with Gasteiger partial charge in [-0.1, -0.05) is 20.8 Å². The van der Waals surface area contributed by atoms with Crippen molar-refractivity contribution in [2.45, 2.75) is 49.8 Å². The van der Waals surface area contributed by atoms with Crippen LogP contribution in [-0.4, -0.2) is 24.9 Å². The van der Waals surface area contributed by atoms with Gasteiger partial charge in [0.2, 0.25) is 0 Å². The van der Waals surface area contributed by atoms with Crippen LogP contribution in [0.4, 0.5) is 0 Å². The number of thioether (sulfide) groups is 1. The SMILES string of the molecule is CCCNC(CC)C(C)Sc1ccc(OC)cc1. The lowest BCUT2D eigenvalue weighted by atomic mass is 10.1. The summed E-state index contributed by atoms with van der Waals surface area (Å²) < 4.78 is 5.17. The molecule has 18 heavy (non-hydrogen) atoms. The topological polar surface area (TPSA) is 21.3 Å². The van der Waals surface area contributed by atoms with Crippen LogP contribution < -0.4 is 10.1 Å². The van der Waals surface area contributed by atoms with Gasteiger partial charge in [-0.15, -0.1) is 11.8 Å². The lowest BCUT2D eigenvalue weighted by Gasteiger charge is -2.23. The molecule has 0 saturated heterocycles. The molecule has 2 unspecified atom stereocenters. The van der Waals surface area contributed by atoms with Crippen LogP contribution in [-0.2, 0) is 0 Å². The van der Waals surface area contributed by atoms with E-state index in [2.05, 4.69) is 38.2 Å². The Bertz CT molecular complexity index is 326. The first-order valence-electron chi connectivity index (χ1n) is 6.75. The molecule has 0 radical (unpaired) electrons. The number of benzene rings is 1. The largest absolute Gasteiger partial charge is 0.497 e. The number of hydrogen-bond acceptors (Lipinski definition) is 3. The predicted octanol–water partition coefficient (Wildman–Crippen LogP) is 3.95. The standard InChI is InChI=1S/C15H25NOS/c1-5-11-16-15(6-2)12(3)18-14-9-7-13(17-4)8-10-14/h7-10,12,15-16H,5-6,11H2,1-4H3. The molecule has 0 saturated carbocycles. The normalized spacial score (nSPS) is 14.2. The van der Waals surface area contributed by atoms with Gasteiger partial charge in [0, 0.05) is 16.2 Å². The molecule has 0 aliphatic carbocycles. The molecular formula is C15H25NOS. The van der Waals surface area contributed by atoms with Gasteiger partial charge in [-0.3, -0.25) is 0 Å². The van der Waals surface area contributed by atoms with E-state index in [0.717, 1.165) is 12.3 Å². The van der Waals surface area contributed by atoms with Crippen molar-refractivity contribution >= 4 is 11.8 Å². The van der Waals surface area contributed by atoms with E-state index in [1.165, 1.54) is 17.7 Å². The fraction of sp³-hybridized carbons (Fsp3) is 0.600. The zero-order valence-corrected chi connectivity index (χ0v) is 12.7. The van der Waals surface area contributed by atoms with Crippen molar-refractivity contribution in [2.75, 3.05) is 13.7 Å². The van der Waals surface area contributed by atoms with Gasteiger partial charge in [-0.2, -0.15) is 0 Å². The Labute approximate surface area is 116 Å². The van der Waals surface area contributed by atoms with Gasteiger partial charge in [-0.25, -0.2) is 0 Å². The first-order chi connectivity index (χ1) is 8.71. The first kappa shape index (κ1) is 15.4. The van der Waals surface area contributed by atoms with Gasteiger partial charge in [0.15, 0.2) is 0 Å². The molecule has 0 aliphatic heterocycles. The second-order valence-corrected chi connectivity index (χ2v) is 5.92. The number of rotatable bonds is 8. The van der Waals surface area contributed by atoms with Crippen LogP contribution in [0.25, 0.3) is 0 Å². The highest BCUT2D eigenvalue weighted by Crippen LogP contribution is 2.27. The average Bonchev–Trinajstić information content (AvgIpc) is 2.40. The summed E-state index contributed by atoms with van der Waals surface area (Å²) in [7, 11) is 1.70. The third-order valence-corrected chi connectivity index (χ3v) is 4.29. The van der Waals surface area contributed by atoms with Gasteiger partial charge in [-0.05, 0) is 43.7 Å². The number of hydrogen-bond donors (Lipinski definition) is 1. The summed E-state index contributed by atoms with van der Waals surface area (Å²) in [5.74, 6) is 0.920. The molecule has 0 spiro atoms. The minimum atomic E-state index is 0.579. The third-order valence-electron chi connectivity index (χ3n) is 3.04. The number of methoxy groups -OCH3 is 1. The Morgan fingerprint density at radius 1 is 1.22 bits per heavy atom. The molecule has 1 rings (SSSR count). The quantitative estimate of drug-likeness (QED) is 0.721. The first-order valence-corrected chi connectivity index (χ1v) is 7.63. The molecule has 0 aliphatic rings. The summed E-state index contributed by atoms with van der Waals surface area (Å²) in [5.41, 5.74) is 0. The number of nitrogens with one attached hydrogen (secondary N) is 1. The molecule has 1 aromatic rings. The van der Waals surface area contributed by atoms with Crippen LogP contribution in [0, 0.1) is 0 Å². The van der Waals surface area contributed by atoms with Gasteiger partial charge >= 0.3 is 0 Å². The van der Waals surface area contributed by atoms with Crippen molar-refractivity contribution in [3.8, 4) is 5.75 Å². The smallest absolute Gasteiger partial charge is 0.118 e. The lowest BCUT2D eigenvalue weighted by Crippen LogP contribution is -2.36. The molecule has 0 amide bonds. The van der Waals surface area contributed by atoms with Gasteiger partial charge in [0.25, 0.3) is 0 Å². The van der Waals surface area contributed by atoms with Crippen molar-refractivity contribution in [3.05, 3.63) is 24.3 Å². The summed E-state index contributed by atoms with van der Waals surface area (Å²) in [4.78, 5) is 1.31. The van der Waals surface area contributed by atoms with E-state index in [0.29, 0.717) is 11.3 Å². The van der Waals surface area contributed by atoms with Crippen LogP contribution >= 0.6 is 11.8 Å². The van der Waals surface area contributed by atoms with E-state index >= 15 is 0 Å². The zero-order valence-electron chi connectivity index (χ0n) is 11.9. The van der Waals surface area contributed by atoms with E-state index in [9.17, 15) is 0 Å². The Morgan fingerprint density at radius 3 is 2.39 bits per heavy atom. The Hall–Kier alpha value is -0.670. The minimum Gasteiger partial charge on any atom is -0.497 e. The van der Waals surface area contributed by atoms with E-state index in [-0.39, 0.29) is 0 Å². The third kappa shape index (κ3) is 4.91. The van der Waals surface area contributed by atoms with Crippen molar-refractivity contribution in [2.24, 2.45) is 0 Å². The van der Waals surface area contributed by atoms with Crippen molar-refractivity contribution in [1.82, 2.24) is 5.32 Å². The molecule has 0 bridgehead atoms. The molecule has 2 atom stereocenters. The summed E-state index contributed by atoms with van der Waals surface area (Å²) in [5, 5.41) is 4.19. The number of ether oxygens (including phenoxy) is 1. The maximum Gasteiger partial charge on any atom is 0.118 e. The second-order valence-electron chi connectivity index (χ2n) is 4.47. The van der Waals surface area contributed by atoms with Crippen molar-refractivity contribution in [3.63, 3.8) is 0 Å². The monoisotopic (exact) mass is 267 g/mol. The van der Waals surface area contributed by atoms with Crippen molar-refractivity contribution < 1.29 is 4.74 Å². The molecule has 0 fully saturated rings. The molecule has 1 N–H and O–H groups in total. The van der Waals surface area contributed by atoms with Gasteiger partial charge in [0.1, 0.15) is 5.75 Å². The summed E-state index contributed by atoms with van der Waals surface area (Å²) >= 11 is 1.93. The van der Waals surface area contributed by atoms with Crippen LogP contribution in [0.1, 0.15) is 33.6 Å². The van der Waals surface area contributed by atoms with E-state index in [1.54, 1.807) is 7.11 Å². The summed E-state index contributed by atoms with van der Waals surface area (Å²) in [6.45, 7) is 7.86. The molecule has 0 heterocycles. The van der Waals surface area contributed by atoms with Crippen LogP contribution in [0.15, 0.2) is 29.2 Å². The lowest BCUT2D eigenvalue weighted by molar-refractivity contribution is 0.414. The van der Waals surface area contributed by atoms with E-state index in [1.807, 2.05) is 23.9 Å². The predicted molar refractivity (Wildman–Crippen MR) is 80.7 cm³/mol. The Kier molecular flexibility index (Phi) is 7.21. The van der Waals surface area contributed by atoms with Gasteiger partial charge < -0.3 is 10.1 Å². The summed E-state index contributed by atoms with van der Waals surface area (Å²) in [6.07, 6.45) is 2.36.